The lowest BCUT2D eigenvalue weighted by Gasteiger charge is -2.38. The molecular weight excluding hydrogens is 262 g/mol. The Kier molecular flexibility index (Phi) is 4.58. The minimum absolute atomic E-state index is 0.0124. The van der Waals surface area contributed by atoms with Gasteiger partial charge in [-0.15, -0.1) is 0 Å². The molecule has 3 unspecified atom stereocenters. The van der Waals surface area contributed by atoms with Crippen LogP contribution in [0.4, 0.5) is 0 Å². The third-order valence-electron chi connectivity index (χ3n) is 4.80. The van der Waals surface area contributed by atoms with Crippen LogP contribution < -0.4 is 5.32 Å². The Hall–Kier alpha value is -0.130. The predicted octanol–water partition coefficient (Wildman–Crippen LogP) is 1.46. The maximum Gasteiger partial charge on any atom is 0.150 e. The highest BCUT2D eigenvalue weighted by molar-refractivity contribution is 7.91. The topological polar surface area (TPSA) is 55.4 Å². The molecule has 2 aliphatic rings. The zero-order valence-corrected chi connectivity index (χ0v) is 13.1. The molecule has 0 aromatic heterocycles. The Morgan fingerprint density at radius 1 is 1.42 bits per heavy atom. The average Bonchev–Trinajstić information content (AvgIpc) is 2.83. The van der Waals surface area contributed by atoms with E-state index in [1.807, 2.05) is 0 Å². The largest absolute Gasteiger partial charge is 0.378 e. The molecule has 2 saturated heterocycles. The zero-order chi connectivity index (χ0) is 14.1. The van der Waals surface area contributed by atoms with Crippen molar-refractivity contribution in [2.75, 3.05) is 31.2 Å². The molecule has 0 bridgehead atoms. The Bertz CT molecular complexity index is 407. The van der Waals surface area contributed by atoms with Crippen molar-refractivity contribution in [1.82, 2.24) is 5.32 Å². The lowest BCUT2D eigenvalue weighted by atomic mass is 9.70. The van der Waals surface area contributed by atoms with E-state index >= 15 is 0 Å². The molecule has 0 radical (unpaired) electrons. The summed E-state index contributed by atoms with van der Waals surface area (Å²) in [5.41, 5.74) is 0.0124. The summed E-state index contributed by atoms with van der Waals surface area (Å²) in [6, 6.07) is 0. The van der Waals surface area contributed by atoms with Crippen LogP contribution in [0.1, 0.15) is 33.6 Å². The van der Waals surface area contributed by atoms with Crippen LogP contribution in [0.5, 0.6) is 0 Å². The molecule has 0 saturated carbocycles. The summed E-state index contributed by atoms with van der Waals surface area (Å²) in [6.07, 6.45) is 1.95. The van der Waals surface area contributed by atoms with Crippen LogP contribution in [-0.2, 0) is 14.6 Å². The van der Waals surface area contributed by atoms with E-state index in [2.05, 4.69) is 26.1 Å². The number of sulfone groups is 1. The van der Waals surface area contributed by atoms with Crippen molar-refractivity contribution in [3.8, 4) is 0 Å². The quantitative estimate of drug-likeness (QED) is 0.832. The van der Waals surface area contributed by atoms with Crippen LogP contribution in [0.2, 0.25) is 0 Å². The van der Waals surface area contributed by atoms with Gasteiger partial charge in [0.25, 0.3) is 0 Å². The van der Waals surface area contributed by atoms with Gasteiger partial charge in [0.1, 0.15) is 0 Å². The summed E-state index contributed by atoms with van der Waals surface area (Å²) >= 11 is 0. The second-order valence-electron chi connectivity index (χ2n) is 6.62. The lowest BCUT2D eigenvalue weighted by Crippen LogP contribution is -2.46. The second kappa shape index (κ2) is 5.70. The van der Waals surface area contributed by atoms with Crippen molar-refractivity contribution in [3.05, 3.63) is 0 Å². The Labute approximate surface area is 117 Å². The molecule has 3 atom stereocenters. The van der Waals surface area contributed by atoms with E-state index in [9.17, 15) is 8.42 Å². The lowest BCUT2D eigenvalue weighted by molar-refractivity contribution is 0.0341. The van der Waals surface area contributed by atoms with Crippen molar-refractivity contribution in [2.45, 2.75) is 39.7 Å². The minimum atomic E-state index is -2.82. The SMILES string of the molecule is CC(C)CNCC1(C2CCS(=O)(=O)C2)CCOC1C. The van der Waals surface area contributed by atoms with Crippen molar-refractivity contribution >= 4 is 9.84 Å². The summed E-state index contributed by atoms with van der Waals surface area (Å²) in [6.45, 7) is 9.11. The van der Waals surface area contributed by atoms with Gasteiger partial charge in [0.05, 0.1) is 17.6 Å². The summed E-state index contributed by atoms with van der Waals surface area (Å²) in [5, 5.41) is 3.53. The van der Waals surface area contributed by atoms with Crippen LogP contribution >= 0.6 is 0 Å². The number of nitrogens with one attached hydrogen (secondary N) is 1. The highest BCUT2D eigenvalue weighted by atomic mass is 32.2. The fourth-order valence-electron chi connectivity index (χ4n) is 3.55. The van der Waals surface area contributed by atoms with Gasteiger partial charge in [-0.1, -0.05) is 13.8 Å². The summed E-state index contributed by atoms with van der Waals surface area (Å²) in [4.78, 5) is 0. The first-order chi connectivity index (χ1) is 8.86. The van der Waals surface area contributed by atoms with Crippen molar-refractivity contribution in [3.63, 3.8) is 0 Å². The second-order valence-corrected chi connectivity index (χ2v) is 8.85. The predicted molar refractivity (Wildman–Crippen MR) is 76.9 cm³/mol. The monoisotopic (exact) mass is 289 g/mol. The van der Waals surface area contributed by atoms with Gasteiger partial charge in [0, 0.05) is 18.6 Å². The zero-order valence-electron chi connectivity index (χ0n) is 12.3. The van der Waals surface area contributed by atoms with Crippen LogP contribution in [0.25, 0.3) is 0 Å². The first kappa shape index (κ1) is 15.3. The molecule has 0 aromatic rings. The van der Waals surface area contributed by atoms with E-state index in [0.717, 1.165) is 32.5 Å². The fraction of sp³-hybridized carbons (Fsp3) is 1.00. The Morgan fingerprint density at radius 2 is 2.16 bits per heavy atom. The van der Waals surface area contributed by atoms with E-state index < -0.39 is 9.84 Å². The van der Waals surface area contributed by atoms with Crippen LogP contribution in [0.15, 0.2) is 0 Å². The molecule has 2 aliphatic heterocycles. The van der Waals surface area contributed by atoms with Gasteiger partial charge in [-0.25, -0.2) is 8.42 Å². The molecule has 112 valence electrons. The maximum atomic E-state index is 11.8. The molecule has 2 fully saturated rings. The molecule has 5 heteroatoms. The molecule has 0 spiro atoms. The number of ether oxygens (including phenoxy) is 1. The molecule has 0 aromatic carbocycles. The first-order valence-corrected chi connectivity index (χ1v) is 9.20. The molecule has 0 aliphatic carbocycles. The maximum absolute atomic E-state index is 11.8. The van der Waals surface area contributed by atoms with Crippen LogP contribution in [0.3, 0.4) is 0 Å². The third kappa shape index (κ3) is 3.31. The minimum Gasteiger partial charge on any atom is -0.378 e. The van der Waals surface area contributed by atoms with Gasteiger partial charge in [-0.2, -0.15) is 0 Å². The van der Waals surface area contributed by atoms with Crippen LogP contribution in [-0.4, -0.2) is 45.7 Å². The normalized spacial score (nSPS) is 38.1. The van der Waals surface area contributed by atoms with E-state index in [0.29, 0.717) is 17.4 Å². The highest BCUT2D eigenvalue weighted by Gasteiger charge is 2.50. The summed E-state index contributed by atoms with van der Waals surface area (Å²) < 4.78 is 29.3. The summed E-state index contributed by atoms with van der Waals surface area (Å²) in [5.74, 6) is 1.58. The van der Waals surface area contributed by atoms with E-state index in [4.69, 9.17) is 4.74 Å². The van der Waals surface area contributed by atoms with Crippen molar-refractivity contribution in [1.29, 1.82) is 0 Å². The molecule has 2 rings (SSSR count). The van der Waals surface area contributed by atoms with Gasteiger partial charge >= 0.3 is 0 Å². The van der Waals surface area contributed by atoms with Gasteiger partial charge in [0.2, 0.25) is 0 Å². The average molecular weight is 289 g/mol. The Morgan fingerprint density at radius 3 is 2.63 bits per heavy atom. The van der Waals surface area contributed by atoms with Gasteiger partial charge in [-0.05, 0) is 38.1 Å². The number of hydrogen-bond acceptors (Lipinski definition) is 4. The third-order valence-corrected chi connectivity index (χ3v) is 6.57. The van der Waals surface area contributed by atoms with Crippen molar-refractivity contribution < 1.29 is 13.2 Å². The smallest absolute Gasteiger partial charge is 0.150 e. The highest BCUT2D eigenvalue weighted by Crippen LogP contribution is 2.45. The molecule has 19 heavy (non-hydrogen) atoms. The summed E-state index contributed by atoms with van der Waals surface area (Å²) in [7, 11) is -2.82. The molecule has 0 amide bonds. The number of rotatable bonds is 5. The molecule has 2 heterocycles. The van der Waals surface area contributed by atoms with E-state index in [-0.39, 0.29) is 17.4 Å². The van der Waals surface area contributed by atoms with Gasteiger partial charge in [0.15, 0.2) is 9.84 Å². The fourth-order valence-corrected chi connectivity index (χ4v) is 5.47. The van der Waals surface area contributed by atoms with Crippen molar-refractivity contribution in [2.24, 2.45) is 17.3 Å². The van der Waals surface area contributed by atoms with Gasteiger partial charge < -0.3 is 10.1 Å². The molecule has 4 nitrogen and oxygen atoms in total. The first-order valence-electron chi connectivity index (χ1n) is 7.38. The van der Waals surface area contributed by atoms with Crippen LogP contribution in [0, 0.1) is 17.3 Å². The molecule has 1 N–H and O–H groups in total. The Balaban J connectivity index is 2.07. The number of hydrogen-bond donors (Lipinski definition) is 1. The van der Waals surface area contributed by atoms with E-state index in [1.54, 1.807) is 0 Å². The standard InChI is InChI=1S/C14H27NO3S/c1-11(2)8-15-10-14(5-6-18-12(14)3)13-4-7-19(16,17)9-13/h11-13,15H,4-10H2,1-3H3. The molecular formula is C14H27NO3S. The van der Waals surface area contributed by atoms with Gasteiger partial charge in [-0.3, -0.25) is 0 Å². The van der Waals surface area contributed by atoms with E-state index in [1.165, 1.54) is 0 Å².